The molecule has 3 heteroatoms. The molecule has 0 radical (unpaired) electrons. The van der Waals surface area contributed by atoms with Gasteiger partial charge in [0, 0.05) is 12.2 Å². The van der Waals surface area contributed by atoms with Crippen molar-refractivity contribution >= 4 is 0 Å². The van der Waals surface area contributed by atoms with Gasteiger partial charge in [-0.25, -0.2) is 0 Å². The average molecular weight is 210 g/mol. The highest BCUT2D eigenvalue weighted by atomic mass is 16.2. The van der Waals surface area contributed by atoms with E-state index in [9.17, 15) is 0 Å². The Labute approximate surface area is 91.6 Å². The Hall–Kier alpha value is -1.48. The van der Waals surface area contributed by atoms with Gasteiger partial charge in [-0.2, -0.15) is 0 Å². The second kappa shape index (κ2) is 7.88. The van der Waals surface area contributed by atoms with Crippen LogP contribution in [-0.4, -0.2) is 40.9 Å². The Bertz CT molecular complexity index is 218. The van der Waals surface area contributed by atoms with Gasteiger partial charge in [0.1, 0.15) is 13.1 Å². The lowest BCUT2D eigenvalue weighted by atomic mass is 10.3. The number of aliphatic hydroxyl groups is 2. The first-order valence-corrected chi connectivity index (χ1v) is 4.90. The van der Waals surface area contributed by atoms with Crippen LogP contribution in [0.15, 0.2) is 50.0 Å². The van der Waals surface area contributed by atoms with Gasteiger partial charge in [-0.05, 0) is 12.2 Å². The van der Waals surface area contributed by atoms with Crippen molar-refractivity contribution in [3.63, 3.8) is 0 Å². The van der Waals surface area contributed by atoms with Crippen molar-refractivity contribution in [2.75, 3.05) is 26.2 Å². The molecule has 0 rings (SSSR count). The molecule has 0 fully saturated rings. The molecule has 0 saturated heterocycles. The Kier molecular flexibility index (Phi) is 7.10. The van der Waals surface area contributed by atoms with E-state index >= 15 is 0 Å². The number of nitrogens with zero attached hydrogens (tertiary/aromatic N) is 1. The van der Waals surface area contributed by atoms with Crippen molar-refractivity contribution in [3.05, 3.63) is 50.0 Å². The van der Waals surface area contributed by atoms with Crippen molar-refractivity contribution in [2.45, 2.75) is 0 Å². The summed E-state index contributed by atoms with van der Waals surface area (Å²) in [4.78, 5) is 0. The molecule has 15 heavy (non-hydrogen) atoms. The predicted octanol–water partition coefficient (Wildman–Crippen LogP) is 2.32. The minimum atomic E-state index is 0.668. The minimum absolute atomic E-state index is 0.668. The van der Waals surface area contributed by atoms with Gasteiger partial charge in [0.05, 0.1) is 25.6 Å². The molecule has 0 spiro atoms. The Morgan fingerprint density at radius 1 is 0.800 bits per heavy atom. The number of aliphatic hydroxyl groups excluding tert-OH is 2. The quantitative estimate of drug-likeness (QED) is 0.367. The molecule has 0 saturated carbocycles. The van der Waals surface area contributed by atoms with Crippen LogP contribution >= 0.6 is 0 Å². The van der Waals surface area contributed by atoms with Crippen molar-refractivity contribution in [1.29, 1.82) is 0 Å². The SMILES string of the molecule is C=CC[N+](CC=C)(CC=CO)CC=CO. The summed E-state index contributed by atoms with van der Waals surface area (Å²) in [6.45, 7) is 10.3. The first kappa shape index (κ1) is 13.5. The highest BCUT2D eigenvalue weighted by Crippen LogP contribution is 2.08. The number of hydrogen-bond donors (Lipinski definition) is 2. The summed E-state index contributed by atoms with van der Waals surface area (Å²) in [5.74, 6) is 0. The standard InChI is InChI=1S/C12H19NO2/c1-3-7-13(8-4-2,9-5-11-14)10-6-12-15/h3-6,11-12H,1-2,7-10H2,(H-,14,15)/p+1. The van der Waals surface area contributed by atoms with Crippen LogP contribution in [0.25, 0.3) is 0 Å². The molecule has 0 aromatic rings. The molecule has 0 aromatic heterocycles. The highest BCUT2D eigenvalue weighted by molar-refractivity contribution is 4.82. The van der Waals surface area contributed by atoms with E-state index in [2.05, 4.69) is 13.2 Å². The molecule has 0 aliphatic rings. The maximum absolute atomic E-state index is 8.68. The molecule has 0 aliphatic heterocycles. The summed E-state index contributed by atoms with van der Waals surface area (Å²) in [7, 11) is 0. The van der Waals surface area contributed by atoms with E-state index < -0.39 is 0 Å². The third kappa shape index (κ3) is 5.08. The van der Waals surface area contributed by atoms with Crippen molar-refractivity contribution in [1.82, 2.24) is 0 Å². The van der Waals surface area contributed by atoms with Crippen LogP contribution in [0.5, 0.6) is 0 Å². The molecule has 0 aliphatic carbocycles. The normalized spacial score (nSPS) is 12.3. The van der Waals surface area contributed by atoms with E-state index in [1.807, 2.05) is 12.2 Å². The van der Waals surface area contributed by atoms with Gasteiger partial charge < -0.3 is 14.7 Å². The molecule has 3 nitrogen and oxygen atoms in total. The van der Waals surface area contributed by atoms with E-state index in [-0.39, 0.29) is 0 Å². The van der Waals surface area contributed by atoms with Crippen LogP contribution in [0.1, 0.15) is 0 Å². The number of rotatable bonds is 8. The third-order valence-electron chi connectivity index (χ3n) is 2.23. The summed E-state index contributed by atoms with van der Waals surface area (Å²) in [6.07, 6.45) is 9.14. The topological polar surface area (TPSA) is 40.5 Å². The second-order valence-corrected chi connectivity index (χ2v) is 3.42. The van der Waals surface area contributed by atoms with E-state index in [0.717, 1.165) is 25.6 Å². The molecule has 0 bridgehead atoms. The minimum Gasteiger partial charge on any atom is -0.516 e. The molecular weight excluding hydrogens is 190 g/mol. The molecule has 0 heterocycles. The fraction of sp³-hybridized carbons (Fsp3) is 0.333. The molecule has 84 valence electrons. The summed E-state index contributed by atoms with van der Waals surface area (Å²) >= 11 is 0. The third-order valence-corrected chi connectivity index (χ3v) is 2.23. The van der Waals surface area contributed by atoms with Gasteiger partial charge >= 0.3 is 0 Å². The molecular formula is C12H20NO2+. The fourth-order valence-electron chi connectivity index (χ4n) is 1.54. The molecule has 0 atom stereocenters. The van der Waals surface area contributed by atoms with Crippen LogP contribution in [-0.2, 0) is 0 Å². The highest BCUT2D eigenvalue weighted by Gasteiger charge is 2.21. The first-order chi connectivity index (χ1) is 7.24. The van der Waals surface area contributed by atoms with Crippen LogP contribution in [0, 0.1) is 0 Å². The molecule has 0 unspecified atom stereocenters. The van der Waals surface area contributed by atoms with E-state index in [1.165, 1.54) is 0 Å². The number of quaternary nitrogens is 1. The largest absolute Gasteiger partial charge is 0.516 e. The van der Waals surface area contributed by atoms with Gasteiger partial charge in [-0.1, -0.05) is 13.2 Å². The van der Waals surface area contributed by atoms with E-state index in [4.69, 9.17) is 10.2 Å². The van der Waals surface area contributed by atoms with Gasteiger partial charge in [0.25, 0.3) is 0 Å². The predicted molar refractivity (Wildman–Crippen MR) is 63.7 cm³/mol. The molecule has 0 amide bonds. The van der Waals surface area contributed by atoms with Crippen LogP contribution in [0.2, 0.25) is 0 Å². The van der Waals surface area contributed by atoms with Crippen molar-refractivity contribution < 1.29 is 14.7 Å². The average Bonchev–Trinajstić information content (AvgIpc) is 2.24. The maximum Gasteiger partial charge on any atom is 0.101 e. The zero-order valence-electron chi connectivity index (χ0n) is 9.05. The zero-order chi connectivity index (χ0) is 11.6. The first-order valence-electron chi connectivity index (χ1n) is 4.90. The lowest BCUT2D eigenvalue weighted by molar-refractivity contribution is -0.906. The Morgan fingerprint density at radius 3 is 1.47 bits per heavy atom. The second-order valence-electron chi connectivity index (χ2n) is 3.42. The number of hydrogen-bond acceptors (Lipinski definition) is 2. The van der Waals surface area contributed by atoms with Crippen LogP contribution in [0.4, 0.5) is 0 Å². The molecule has 2 N–H and O–H groups in total. The Balaban J connectivity index is 4.67. The molecule has 0 aromatic carbocycles. The monoisotopic (exact) mass is 210 g/mol. The van der Waals surface area contributed by atoms with Crippen molar-refractivity contribution in [2.24, 2.45) is 0 Å². The van der Waals surface area contributed by atoms with Crippen LogP contribution < -0.4 is 0 Å². The van der Waals surface area contributed by atoms with E-state index in [0.29, 0.717) is 17.6 Å². The Morgan fingerprint density at radius 2 is 1.20 bits per heavy atom. The van der Waals surface area contributed by atoms with Gasteiger partial charge in [0.2, 0.25) is 0 Å². The summed E-state index contributed by atoms with van der Waals surface area (Å²) < 4.78 is 0.668. The fourth-order valence-corrected chi connectivity index (χ4v) is 1.54. The summed E-state index contributed by atoms with van der Waals surface area (Å²) in [5, 5.41) is 17.4. The van der Waals surface area contributed by atoms with Gasteiger partial charge in [0.15, 0.2) is 0 Å². The smallest absolute Gasteiger partial charge is 0.101 e. The lowest BCUT2D eigenvalue weighted by Gasteiger charge is -2.34. The zero-order valence-corrected chi connectivity index (χ0v) is 9.05. The lowest BCUT2D eigenvalue weighted by Crippen LogP contribution is -2.48. The van der Waals surface area contributed by atoms with Crippen LogP contribution in [0.3, 0.4) is 0 Å². The summed E-state index contributed by atoms with van der Waals surface area (Å²) in [6, 6.07) is 0. The maximum atomic E-state index is 8.68. The van der Waals surface area contributed by atoms with Crippen molar-refractivity contribution in [3.8, 4) is 0 Å². The summed E-state index contributed by atoms with van der Waals surface area (Å²) in [5.41, 5.74) is 0. The van der Waals surface area contributed by atoms with E-state index in [1.54, 1.807) is 12.2 Å². The van der Waals surface area contributed by atoms with Gasteiger partial charge in [-0.3, -0.25) is 0 Å². The van der Waals surface area contributed by atoms with Gasteiger partial charge in [-0.15, -0.1) is 0 Å².